The Hall–Kier alpha value is -1.13. The number of hydrogen-bond acceptors (Lipinski definition) is 3. The van der Waals surface area contributed by atoms with Crippen molar-refractivity contribution in [3.63, 3.8) is 0 Å². The summed E-state index contributed by atoms with van der Waals surface area (Å²) in [6.45, 7) is 2.37. The molecule has 1 aromatic carbocycles. The number of aromatic nitrogens is 1. The van der Waals surface area contributed by atoms with Crippen LogP contribution in [0.5, 0.6) is 5.75 Å². The monoisotopic (exact) mass is 335 g/mol. The number of halogens is 1. The van der Waals surface area contributed by atoms with Gasteiger partial charge in [0.25, 0.3) is 0 Å². The molecule has 0 atom stereocenters. The number of ether oxygens (including phenoxy) is 2. The van der Waals surface area contributed by atoms with Gasteiger partial charge in [-0.2, -0.15) is 0 Å². The Morgan fingerprint density at radius 3 is 2.85 bits per heavy atom. The molecule has 0 unspecified atom stereocenters. The Labute approximate surface area is 127 Å². The van der Waals surface area contributed by atoms with Crippen LogP contribution in [0, 0.1) is 5.41 Å². The highest BCUT2D eigenvalue weighted by Gasteiger charge is 2.32. The summed E-state index contributed by atoms with van der Waals surface area (Å²) in [7, 11) is 0. The van der Waals surface area contributed by atoms with Gasteiger partial charge in [0.1, 0.15) is 5.75 Å². The van der Waals surface area contributed by atoms with E-state index < -0.39 is 0 Å². The highest BCUT2D eigenvalue weighted by atomic mass is 79.9. The third-order valence-corrected chi connectivity index (χ3v) is 5.17. The SMILES string of the molecule is BrCC1(COc2cccc3ncccc23)CCOCC1. The van der Waals surface area contributed by atoms with Crippen LogP contribution in [0.25, 0.3) is 10.9 Å². The average Bonchev–Trinajstić information content (AvgIpc) is 2.54. The molecular weight excluding hydrogens is 318 g/mol. The predicted molar refractivity (Wildman–Crippen MR) is 83.5 cm³/mol. The molecular formula is C16H18BrNO2. The van der Waals surface area contributed by atoms with E-state index in [9.17, 15) is 0 Å². The molecule has 2 heterocycles. The molecule has 0 amide bonds. The minimum Gasteiger partial charge on any atom is -0.492 e. The van der Waals surface area contributed by atoms with Crippen molar-refractivity contribution >= 4 is 26.8 Å². The summed E-state index contributed by atoms with van der Waals surface area (Å²) in [4.78, 5) is 4.36. The van der Waals surface area contributed by atoms with E-state index in [0.717, 1.165) is 54.6 Å². The van der Waals surface area contributed by atoms with Crippen molar-refractivity contribution in [3.05, 3.63) is 36.5 Å². The molecule has 106 valence electrons. The first-order valence-electron chi connectivity index (χ1n) is 6.93. The summed E-state index contributed by atoms with van der Waals surface area (Å²) in [5.74, 6) is 0.919. The van der Waals surface area contributed by atoms with Crippen LogP contribution in [-0.4, -0.2) is 30.1 Å². The normalized spacial score (nSPS) is 18.1. The molecule has 3 rings (SSSR count). The van der Waals surface area contributed by atoms with Gasteiger partial charge in [0.15, 0.2) is 0 Å². The van der Waals surface area contributed by atoms with E-state index in [4.69, 9.17) is 9.47 Å². The molecule has 1 fully saturated rings. The first-order valence-corrected chi connectivity index (χ1v) is 8.05. The van der Waals surface area contributed by atoms with Crippen molar-refractivity contribution in [2.45, 2.75) is 12.8 Å². The van der Waals surface area contributed by atoms with Crippen molar-refractivity contribution in [1.29, 1.82) is 0 Å². The summed E-state index contributed by atoms with van der Waals surface area (Å²) in [6, 6.07) is 10.0. The first-order chi connectivity index (χ1) is 9.83. The van der Waals surface area contributed by atoms with Crippen molar-refractivity contribution < 1.29 is 9.47 Å². The lowest BCUT2D eigenvalue weighted by Gasteiger charge is -2.35. The van der Waals surface area contributed by atoms with Crippen LogP contribution in [0.1, 0.15) is 12.8 Å². The van der Waals surface area contributed by atoms with Crippen LogP contribution in [-0.2, 0) is 4.74 Å². The van der Waals surface area contributed by atoms with Crippen LogP contribution in [0.2, 0.25) is 0 Å². The van der Waals surface area contributed by atoms with Gasteiger partial charge in [0, 0.05) is 35.5 Å². The van der Waals surface area contributed by atoms with Crippen molar-refractivity contribution in [2.75, 3.05) is 25.2 Å². The second-order valence-electron chi connectivity index (χ2n) is 5.36. The average molecular weight is 336 g/mol. The number of rotatable bonds is 4. The van der Waals surface area contributed by atoms with E-state index in [0.29, 0.717) is 0 Å². The highest BCUT2D eigenvalue weighted by Crippen LogP contribution is 2.34. The molecule has 0 spiro atoms. The van der Waals surface area contributed by atoms with E-state index in [1.807, 2.05) is 30.5 Å². The Balaban J connectivity index is 1.79. The third kappa shape index (κ3) is 2.81. The zero-order chi connectivity index (χ0) is 13.8. The minimum atomic E-state index is 0.183. The largest absolute Gasteiger partial charge is 0.492 e. The predicted octanol–water partition coefficient (Wildman–Crippen LogP) is 3.81. The Bertz CT molecular complexity index is 576. The fourth-order valence-corrected chi connectivity index (χ4v) is 3.28. The van der Waals surface area contributed by atoms with Gasteiger partial charge in [-0.25, -0.2) is 0 Å². The van der Waals surface area contributed by atoms with Gasteiger partial charge in [0.2, 0.25) is 0 Å². The molecule has 0 aliphatic carbocycles. The summed E-state index contributed by atoms with van der Waals surface area (Å²) in [5, 5.41) is 2.03. The summed E-state index contributed by atoms with van der Waals surface area (Å²) >= 11 is 3.64. The van der Waals surface area contributed by atoms with E-state index in [2.05, 4.69) is 27.0 Å². The summed E-state index contributed by atoms with van der Waals surface area (Å²) < 4.78 is 11.6. The quantitative estimate of drug-likeness (QED) is 0.796. The minimum absolute atomic E-state index is 0.183. The lowest BCUT2D eigenvalue weighted by Crippen LogP contribution is -2.36. The second-order valence-corrected chi connectivity index (χ2v) is 5.92. The maximum atomic E-state index is 6.13. The smallest absolute Gasteiger partial charge is 0.128 e. The van der Waals surface area contributed by atoms with Gasteiger partial charge < -0.3 is 9.47 Å². The van der Waals surface area contributed by atoms with Gasteiger partial charge in [-0.15, -0.1) is 0 Å². The standard InChI is InChI=1S/C16H18BrNO2/c17-11-16(6-9-19-10-7-16)12-20-15-5-1-4-14-13(15)3-2-8-18-14/h1-5,8H,6-7,9-12H2. The van der Waals surface area contributed by atoms with Crippen molar-refractivity contribution in [2.24, 2.45) is 5.41 Å². The van der Waals surface area contributed by atoms with Gasteiger partial charge in [0.05, 0.1) is 12.1 Å². The van der Waals surface area contributed by atoms with Crippen molar-refractivity contribution in [1.82, 2.24) is 4.98 Å². The molecule has 4 heteroatoms. The molecule has 3 nitrogen and oxygen atoms in total. The maximum Gasteiger partial charge on any atom is 0.128 e. The molecule has 2 aromatic rings. The van der Waals surface area contributed by atoms with Gasteiger partial charge >= 0.3 is 0 Å². The zero-order valence-electron chi connectivity index (χ0n) is 11.3. The van der Waals surface area contributed by atoms with Gasteiger partial charge in [-0.1, -0.05) is 22.0 Å². The molecule has 0 saturated carbocycles. The zero-order valence-corrected chi connectivity index (χ0v) is 12.9. The molecule has 0 bridgehead atoms. The molecule has 0 N–H and O–H groups in total. The van der Waals surface area contributed by atoms with Crippen LogP contribution in [0.3, 0.4) is 0 Å². The topological polar surface area (TPSA) is 31.4 Å². The first kappa shape index (κ1) is 13.8. The summed E-state index contributed by atoms with van der Waals surface area (Å²) in [5.41, 5.74) is 1.16. The number of fused-ring (bicyclic) bond motifs is 1. The number of hydrogen-bond donors (Lipinski definition) is 0. The molecule has 20 heavy (non-hydrogen) atoms. The number of benzene rings is 1. The molecule has 1 aliphatic heterocycles. The van der Waals surface area contributed by atoms with Gasteiger partial charge in [-0.05, 0) is 37.1 Å². The van der Waals surface area contributed by atoms with Crippen LogP contribution in [0.15, 0.2) is 36.5 Å². The maximum absolute atomic E-state index is 6.13. The number of alkyl halides is 1. The molecule has 0 radical (unpaired) electrons. The van der Waals surface area contributed by atoms with Crippen LogP contribution >= 0.6 is 15.9 Å². The van der Waals surface area contributed by atoms with E-state index >= 15 is 0 Å². The Morgan fingerprint density at radius 2 is 2.05 bits per heavy atom. The molecule has 1 aliphatic rings. The van der Waals surface area contributed by atoms with Gasteiger partial charge in [-0.3, -0.25) is 4.98 Å². The van der Waals surface area contributed by atoms with E-state index in [1.165, 1.54) is 0 Å². The summed E-state index contributed by atoms with van der Waals surface area (Å²) in [6.07, 6.45) is 3.90. The highest BCUT2D eigenvalue weighted by molar-refractivity contribution is 9.09. The molecule has 1 aromatic heterocycles. The van der Waals surface area contributed by atoms with Crippen LogP contribution < -0.4 is 4.74 Å². The number of pyridine rings is 1. The molecule has 1 saturated heterocycles. The Morgan fingerprint density at radius 1 is 1.20 bits per heavy atom. The lowest BCUT2D eigenvalue weighted by molar-refractivity contribution is 0.00383. The fraction of sp³-hybridized carbons (Fsp3) is 0.438. The van der Waals surface area contributed by atoms with Crippen LogP contribution in [0.4, 0.5) is 0 Å². The fourth-order valence-electron chi connectivity index (χ4n) is 2.55. The third-order valence-electron chi connectivity index (χ3n) is 3.98. The Kier molecular flexibility index (Phi) is 4.22. The second kappa shape index (κ2) is 6.10. The van der Waals surface area contributed by atoms with Crippen molar-refractivity contribution in [3.8, 4) is 5.75 Å². The van der Waals surface area contributed by atoms with E-state index in [-0.39, 0.29) is 5.41 Å². The van der Waals surface area contributed by atoms with E-state index in [1.54, 1.807) is 0 Å². The number of nitrogens with zero attached hydrogens (tertiary/aromatic N) is 1. The lowest BCUT2D eigenvalue weighted by atomic mass is 9.83.